The zero-order chi connectivity index (χ0) is 26.0. The fraction of sp³-hybridized carbons (Fsp3) is 0. The molecular formula is C24H15BBr2N5S5. The number of rotatable bonds is 4. The third kappa shape index (κ3) is 8.06. The molecule has 0 unspecified atom stereocenters. The van der Waals surface area contributed by atoms with Gasteiger partial charge in [0.2, 0.25) is 0 Å². The minimum atomic E-state index is 0.910. The standard InChI is InChI=1S/C12H6Br2N2S2.C12H8N2S2.BHNS/c13-11-3-1-9(17-11)7-5-15-6-8(16-7)10-2-4-12(14)18-10;1-3-11(15-5-1)9-7-13-8-10(14-9)12-4-2-6-16-12;1-2-3/h1-6H;1-8H;3H. The molecule has 0 aliphatic heterocycles. The Morgan fingerprint density at radius 2 is 1.00 bits per heavy atom. The van der Waals surface area contributed by atoms with Crippen LogP contribution in [0.5, 0.6) is 0 Å². The maximum Gasteiger partial charge on any atom is 0.0992 e. The van der Waals surface area contributed by atoms with Gasteiger partial charge in [-0.1, -0.05) is 12.1 Å². The zero-order valence-electron chi connectivity index (χ0n) is 18.7. The third-order valence-corrected chi connectivity index (χ3v) is 9.54. The van der Waals surface area contributed by atoms with E-state index < -0.39 is 0 Å². The largest absolute Gasteiger partial charge is 0.260 e. The number of thiophene rings is 4. The van der Waals surface area contributed by atoms with Gasteiger partial charge < -0.3 is 0 Å². The third-order valence-electron chi connectivity index (χ3n) is 4.47. The van der Waals surface area contributed by atoms with Crippen molar-refractivity contribution < 1.29 is 0 Å². The van der Waals surface area contributed by atoms with Crippen molar-refractivity contribution in [2.24, 2.45) is 4.30 Å². The van der Waals surface area contributed by atoms with E-state index in [-0.39, 0.29) is 0 Å². The predicted octanol–water partition coefficient (Wildman–Crippen LogP) is 9.58. The van der Waals surface area contributed by atoms with Gasteiger partial charge in [0.05, 0.1) is 74.6 Å². The van der Waals surface area contributed by atoms with Crippen LogP contribution in [0.15, 0.2) is 96.0 Å². The molecule has 0 spiro atoms. The van der Waals surface area contributed by atoms with Crippen LogP contribution in [0.2, 0.25) is 0 Å². The second kappa shape index (κ2) is 14.3. The van der Waals surface area contributed by atoms with Crippen molar-refractivity contribution >= 4 is 97.7 Å². The summed E-state index contributed by atoms with van der Waals surface area (Å²) >= 11 is 16.8. The minimum Gasteiger partial charge on any atom is -0.260 e. The molecule has 0 saturated heterocycles. The molecule has 0 bridgehead atoms. The van der Waals surface area contributed by atoms with Gasteiger partial charge in [-0.25, -0.2) is 9.97 Å². The van der Waals surface area contributed by atoms with E-state index in [4.69, 9.17) is 0 Å². The van der Waals surface area contributed by atoms with E-state index in [1.54, 1.807) is 57.7 Å². The van der Waals surface area contributed by atoms with Crippen LogP contribution in [0, 0.1) is 0 Å². The quantitative estimate of drug-likeness (QED) is 0.147. The van der Waals surface area contributed by atoms with Gasteiger partial charge in [0.25, 0.3) is 0 Å². The molecule has 6 heterocycles. The van der Waals surface area contributed by atoms with E-state index in [0.29, 0.717) is 0 Å². The van der Waals surface area contributed by atoms with Gasteiger partial charge in [-0.2, -0.15) is 0 Å². The fourth-order valence-electron chi connectivity index (χ4n) is 2.96. The smallest absolute Gasteiger partial charge is 0.0992 e. The van der Waals surface area contributed by atoms with Crippen LogP contribution in [0.3, 0.4) is 0 Å². The molecule has 37 heavy (non-hydrogen) atoms. The first-order valence-electron chi connectivity index (χ1n) is 10.3. The number of halogens is 2. The monoisotopic (exact) mass is 702 g/mol. The van der Waals surface area contributed by atoms with Crippen LogP contribution in [0.25, 0.3) is 42.3 Å². The number of hydrogen-bond donors (Lipinski definition) is 1. The normalized spacial score (nSPS) is 10.1. The molecule has 0 atom stereocenters. The summed E-state index contributed by atoms with van der Waals surface area (Å²) in [6.45, 7) is 0. The first-order chi connectivity index (χ1) is 18.1. The number of aromatic nitrogens is 4. The van der Waals surface area contributed by atoms with Gasteiger partial charge in [0.1, 0.15) is 0 Å². The van der Waals surface area contributed by atoms with Gasteiger partial charge in [0, 0.05) is 0 Å². The van der Waals surface area contributed by atoms with E-state index in [1.807, 2.05) is 48.8 Å². The Morgan fingerprint density at radius 3 is 1.30 bits per heavy atom. The molecule has 0 aliphatic rings. The van der Waals surface area contributed by atoms with Gasteiger partial charge in [0.15, 0.2) is 0 Å². The van der Waals surface area contributed by atoms with Crippen LogP contribution < -0.4 is 0 Å². The molecule has 183 valence electrons. The number of hydrogen-bond acceptors (Lipinski definition) is 10. The Morgan fingerprint density at radius 1 is 0.622 bits per heavy atom. The summed E-state index contributed by atoms with van der Waals surface area (Å²) in [6.07, 6.45) is 7.21. The summed E-state index contributed by atoms with van der Waals surface area (Å²) < 4.78 is 4.90. The Balaban J connectivity index is 0.000000157. The summed E-state index contributed by atoms with van der Waals surface area (Å²) in [5.41, 5.74) is 3.71. The summed E-state index contributed by atoms with van der Waals surface area (Å²) in [4.78, 5) is 22.3. The SMILES string of the molecule is Brc1ccc(-c2cncc(-c3ccc(Br)s3)n2)s1.[B]=NS.c1csc(-c2cncc(-c3cccs3)n2)c1. The summed E-state index contributed by atoms with van der Waals surface area (Å²) in [6, 6.07) is 16.3. The zero-order valence-corrected chi connectivity index (χ0v) is 26.1. The van der Waals surface area contributed by atoms with E-state index in [9.17, 15) is 0 Å². The maximum absolute atomic E-state index is 4.66. The Bertz CT molecular complexity index is 1450. The molecule has 0 amide bonds. The first kappa shape index (κ1) is 28.2. The van der Waals surface area contributed by atoms with Crippen LogP contribution in [0.1, 0.15) is 0 Å². The average molecular weight is 704 g/mol. The number of nitrogens with zero attached hydrogens (tertiary/aromatic N) is 5. The molecule has 0 aromatic carbocycles. The second-order valence-electron chi connectivity index (χ2n) is 6.86. The van der Waals surface area contributed by atoms with Crippen LogP contribution in [-0.2, 0) is 0 Å². The average Bonchev–Trinajstić information content (AvgIpc) is 3.74. The van der Waals surface area contributed by atoms with Crippen LogP contribution >= 0.6 is 90.0 Å². The molecule has 13 heteroatoms. The summed E-state index contributed by atoms with van der Waals surface area (Å²) in [5, 5.41) is 4.10. The molecule has 0 N–H and O–H groups in total. The maximum atomic E-state index is 4.66. The Hall–Kier alpha value is -1.87. The Kier molecular flexibility index (Phi) is 10.9. The molecule has 1 radical (unpaired) electrons. The fourth-order valence-corrected chi connectivity index (χ4v) is 7.00. The van der Waals surface area contributed by atoms with E-state index >= 15 is 0 Å². The van der Waals surface area contributed by atoms with E-state index in [0.717, 1.165) is 49.9 Å². The molecule has 5 nitrogen and oxygen atoms in total. The Labute approximate surface area is 253 Å². The van der Waals surface area contributed by atoms with Crippen LogP contribution in [0.4, 0.5) is 0 Å². The van der Waals surface area contributed by atoms with Gasteiger partial charge in [-0.05, 0) is 79.0 Å². The molecule has 0 aliphatic carbocycles. The molecular weight excluding hydrogens is 689 g/mol. The van der Waals surface area contributed by atoms with Gasteiger partial charge >= 0.3 is 24.8 Å². The predicted molar refractivity (Wildman–Crippen MR) is 170 cm³/mol. The van der Waals surface area contributed by atoms with Crippen molar-refractivity contribution in [3.05, 3.63) is 91.7 Å². The van der Waals surface area contributed by atoms with Gasteiger partial charge in [-0.3, -0.25) is 9.97 Å². The van der Waals surface area contributed by atoms with Crippen molar-refractivity contribution in [3.8, 4) is 42.3 Å². The molecule has 6 rings (SSSR count). The van der Waals surface area contributed by atoms with Crippen molar-refractivity contribution in [2.75, 3.05) is 0 Å². The summed E-state index contributed by atoms with van der Waals surface area (Å²) in [7, 11) is 4.34. The van der Waals surface area contributed by atoms with Crippen molar-refractivity contribution in [3.63, 3.8) is 0 Å². The molecule has 6 aromatic heterocycles. The van der Waals surface area contributed by atoms with E-state index in [2.05, 4.69) is 99.4 Å². The molecule has 6 aromatic rings. The van der Waals surface area contributed by atoms with Crippen LogP contribution in [-0.4, -0.2) is 27.6 Å². The van der Waals surface area contributed by atoms with Crippen molar-refractivity contribution in [1.29, 1.82) is 0 Å². The first-order valence-corrected chi connectivity index (χ1v) is 15.7. The number of thiol groups is 1. The second-order valence-corrected chi connectivity index (χ2v) is 13.9. The minimum absolute atomic E-state index is 0.910. The molecule has 0 fully saturated rings. The van der Waals surface area contributed by atoms with Gasteiger partial charge in [-0.15, -0.1) is 45.3 Å². The van der Waals surface area contributed by atoms with Crippen molar-refractivity contribution in [1.82, 2.24) is 19.9 Å². The topological polar surface area (TPSA) is 63.9 Å². The summed E-state index contributed by atoms with van der Waals surface area (Å²) in [5.74, 6) is 0. The molecule has 0 saturated carbocycles. The van der Waals surface area contributed by atoms with Crippen molar-refractivity contribution in [2.45, 2.75) is 0 Å². The van der Waals surface area contributed by atoms with E-state index in [1.165, 1.54) is 0 Å².